The highest BCUT2D eigenvalue weighted by Crippen LogP contribution is 2.31. The highest BCUT2D eigenvalue weighted by Gasteiger charge is 2.25. The van der Waals surface area contributed by atoms with Crippen molar-refractivity contribution in [2.45, 2.75) is 26.3 Å². The monoisotopic (exact) mass is 366 g/mol. The van der Waals surface area contributed by atoms with Crippen LogP contribution in [0.2, 0.25) is 0 Å². The van der Waals surface area contributed by atoms with E-state index in [4.69, 9.17) is 10.2 Å². The summed E-state index contributed by atoms with van der Waals surface area (Å²) < 4.78 is 7.04. The van der Waals surface area contributed by atoms with Gasteiger partial charge in [0.15, 0.2) is 11.4 Å². The minimum absolute atomic E-state index is 0.0254. The van der Waals surface area contributed by atoms with Crippen LogP contribution in [0.5, 0.6) is 0 Å². The number of oxazole rings is 1. The van der Waals surface area contributed by atoms with Crippen LogP contribution in [0.4, 0.5) is 5.69 Å². The first-order chi connectivity index (χ1) is 13.0. The van der Waals surface area contributed by atoms with Gasteiger partial charge in [0, 0.05) is 30.2 Å². The van der Waals surface area contributed by atoms with Crippen LogP contribution in [0.1, 0.15) is 39.5 Å². The van der Waals surface area contributed by atoms with Crippen LogP contribution < -0.4 is 11.1 Å². The Labute approximate surface area is 154 Å². The second-order valence-electron chi connectivity index (χ2n) is 6.60. The lowest BCUT2D eigenvalue weighted by Gasteiger charge is -2.00. The molecule has 9 heteroatoms. The standard InChI is InChI=1S/C18H18N6O3/c1-10-6-12(4-5-20-10)18-22-14(9-27-18)17(26)21-13-8-24(7-11-2-3-11)23-15(13)16(19)25/h4-6,8-9,11H,2-3,7H2,1H3,(H2,19,25)(H,21,26). The zero-order valence-corrected chi connectivity index (χ0v) is 14.7. The van der Waals surface area contributed by atoms with Crippen LogP contribution in [0.3, 0.4) is 0 Å². The van der Waals surface area contributed by atoms with Crippen LogP contribution in [0.15, 0.2) is 35.2 Å². The van der Waals surface area contributed by atoms with Crippen LogP contribution in [-0.2, 0) is 6.54 Å². The fourth-order valence-electron chi connectivity index (χ4n) is 2.73. The number of nitrogens with zero attached hydrogens (tertiary/aromatic N) is 4. The first-order valence-corrected chi connectivity index (χ1v) is 8.57. The van der Waals surface area contributed by atoms with Gasteiger partial charge in [0.25, 0.3) is 11.8 Å². The van der Waals surface area contributed by atoms with Gasteiger partial charge in [0.2, 0.25) is 5.89 Å². The Kier molecular flexibility index (Phi) is 4.19. The molecule has 1 fully saturated rings. The summed E-state index contributed by atoms with van der Waals surface area (Å²) in [6.45, 7) is 2.55. The normalized spacial score (nSPS) is 13.5. The van der Waals surface area contributed by atoms with Gasteiger partial charge in [-0.3, -0.25) is 19.3 Å². The third-order valence-electron chi connectivity index (χ3n) is 4.27. The Morgan fingerprint density at radius 1 is 1.41 bits per heavy atom. The average molecular weight is 366 g/mol. The molecule has 1 aliphatic carbocycles. The number of anilines is 1. The predicted octanol–water partition coefficient (Wildman–Crippen LogP) is 2.00. The SMILES string of the molecule is Cc1cc(-c2nc(C(=O)Nc3cn(CC4CC4)nc3C(N)=O)co2)ccn1. The lowest BCUT2D eigenvalue weighted by Crippen LogP contribution is -2.18. The largest absolute Gasteiger partial charge is 0.444 e. The first kappa shape index (κ1) is 17.0. The summed E-state index contributed by atoms with van der Waals surface area (Å²) in [6.07, 6.45) is 6.80. The molecule has 9 nitrogen and oxygen atoms in total. The number of hydrogen-bond donors (Lipinski definition) is 2. The number of hydrogen-bond acceptors (Lipinski definition) is 6. The molecule has 0 saturated heterocycles. The maximum atomic E-state index is 12.5. The molecule has 0 aromatic carbocycles. The van der Waals surface area contributed by atoms with E-state index in [2.05, 4.69) is 20.4 Å². The van der Waals surface area contributed by atoms with E-state index in [0.29, 0.717) is 18.4 Å². The summed E-state index contributed by atoms with van der Waals surface area (Å²) in [7, 11) is 0. The molecular weight excluding hydrogens is 348 g/mol. The molecule has 138 valence electrons. The van der Waals surface area contributed by atoms with E-state index in [-0.39, 0.29) is 17.1 Å². The molecular formula is C18H18N6O3. The molecule has 3 aromatic rings. The van der Waals surface area contributed by atoms with E-state index in [0.717, 1.165) is 24.1 Å². The molecule has 27 heavy (non-hydrogen) atoms. The van der Waals surface area contributed by atoms with Gasteiger partial charge in [-0.2, -0.15) is 5.10 Å². The van der Waals surface area contributed by atoms with Crippen LogP contribution in [0, 0.1) is 12.8 Å². The zero-order chi connectivity index (χ0) is 19.0. The molecule has 3 N–H and O–H groups in total. The summed E-state index contributed by atoms with van der Waals surface area (Å²) in [6, 6.07) is 3.55. The van der Waals surface area contributed by atoms with Crippen molar-refractivity contribution in [2.24, 2.45) is 11.7 Å². The van der Waals surface area contributed by atoms with Crippen molar-refractivity contribution in [3.63, 3.8) is 0 Å². The van der Waals surface area contributed by atoms with E-state index in [1.165, 1.54) is 6.26 Å². The zero-order valence-electron chi connectivity index (χ0n) is 14.7. The van der Waals surface area contributed by atoms with Gasteiger partial charge >= 0.3 is 0 Å². The quantitative estimate of drug-likeness (QED) is 0.686. The molecule has 3 heterocycles. The van der Waals surface area contributed by atoms with E-state index >= 15 is 0 Å². The lowest BCUT2D eigenvalue weighted by atomic mass is 10.2. The number of aryl methyl sites for hydroxylation is 1. The number of rotatable bonds is 6. The molecule has 1 aliphatic rings. The number of carbonyl (C=O) groups excluding carboxylic acids is 2. The second-order valence-corrected chi connectivity index (χ2v) is 6.60. The predicted molar refractivity (Wildman–Crippen MR) is 95.9 cm³/mol. The van der Waals surface area contributed by atoms with Gasteiger partial charge in [0.1, 0.15) is 6.26 Å². The number of amides is 2. The van der Waals surface area contributed by atoms with Crippen molar-refractivity contribution in [1.82, 2.24) is 19.7 Å². The third kappa shape index (κ3) is 3.71. The Balaban J connectivity index is 1.54. The Bertz CT molecular complexity index is 1020. The maximum absolute atomic E-state index is 12.5. The van der Waals surface area contributed by atoms with Gasteiger partial charge in [-0.1, -0.05) is 0 Å². The smallest absolute Gasteiger partial charge is 0.277 e. The molecule has 3 aromatic heterocycles. The van der Waals surface area contributed by atoms with E-state index in [1.54, 1.807) is 29.2 Å². The van der Waals surface area contributed by atoms with Gasteiger partial charge in [-0.15, -0.1) is 0 Å². The molecule has 0 unspecified atom stereocenters. The first-order valence-electron chi connectivity index (χ1n) is 8.57. The summed E-state index contributed by atoms with van der Waals surface area (Å²) in [5.41, 5.74) is 7.28. The highest BCUT2D eigenvalue weighted by molar-refractivity contribution is 6.07. The van der Waals surface area contributed by atoms with Crippen molar-refractivity contribution in [2.75, 3.05) is 5.32 Å². The Hall–Kier alpha value is -3.49. The van der Waals surface area contributed by atoms with Crippen molar-refractivity contribution >= 4 is 17.5 Å². The number of carbonyl (C=O) groups is 2. The highest BCUT2D eigenvalue weighted by atomic mass is 16.3. The van der Waals surface area contributed by atoms with E-state index in [1.807, 2.05) is 6.92 Å². The number of aromatic nitrogens is 4. The molecule has 4 rings (SSSR count). The topological polar surface area (TPSA) is 129 Å². The third-order valence-corrected chi connectivity index (χ3v) is 4.27. The average Bonchev–Trinajstić information content (AvgIpc) is 3.15. The van der Waals surface area contributed by atoms with Gasteiger partial charge in [-0.25, -0.2) is 4.98 Å². The molecule has 0 aliphatic heterocycles. The van der Waals surface area contributed by atoms with Gasteiger partial charge in [0.05, 0.1) is 5.69 Å². The summed E-state index contributed by atoms with van der Waals surface area (Å²) in [4.78, 5) is 32.5. The van der Waals surface area contributed by atoms with E-state index in [9.17, 15) is 9.59 Å². The number of primary amides is 1. The number of nitrogens with two attached hydrogens (primary N) is 1. The van der Waals surface area contributed by atoms with Crippen molar-refractivity contribution in [3.05, 3.63) is 47.9 Å². The minimum atomic E-state index is -0.701. The van der Waals surface area contributed by atoms with Crippen LogP contribution in [-0.4, -0.2) is 31.6 Å². The Morgan fingerprint density at radius 2 is 2.22 bits per heavy atom. The fraction of sp³-hybridized carbons (Fsp3) is 0.278. The summed E-state index contributed by atoms with van der Waals surface area (Å²) in [5.74, 6) is -0.335. The minimum Gasteiger partial charge on any atom is -0.444 e. The van der Waals surface area contributed by atoms with Gasteiger partial charge < -0.3 is 15.5 Å². The van der Waals surface area contributed by atoms with Crippen molar-refractivity contribution < 1.29 is 14.0 Å². The summed E-state index contributed by atoms with van der Waals surface area (Å²) >= 11 is 0. The molecule has 0 bridgehead atoms. The van der Waals surface area contributed by atoms with Crippen molar-refractivity contribution in [3.8, 4) is 11.5 Å². The molecule has 2 amide bonds. The molecule has 0 atom stereocenters. The number of pyridine rings is 1. The number of nitrogens with one attached hydrogen (secondary N) is 1. The molecule has 1 saturated carbocycles. The van der Waals surface area contributed by atoms with Gasteiger partial charge in [-0.05, 0) is 37.8 Å². The maximum Gasteiger partial charge on any atom is 0.277 e. The Morgan fingerprint density at radius 3 is 2.93 bits per heavy atom. The lowest BCUT2D eigenvalue weighted by molar-refractivity contribution is 0.0995. The fourth-order valence-corrected chi connectivity index (χ4v) is 2.73. The summed E-state index contributed by atoms with van der Waals surface area (Å²) in [5, 5.41) is 6.82. The molecule has 0 spiro atoms. The second kappa shape index (κ2) is 6.67. The van der Waals surface area contributed by atoms with Crippen LogP contribution >= 0.6 is 0 Å². The van der Waals surface area contributed by atoms with E-state index < -0.39 is 11.8 Å². The van der Waals surface area contributed by atoms with Crippen LogP contribution in [0.25, 0.3) is 11.5 Å². The van der Waals surface area contributed by atoms with Crippen molar-refractivity contribution in [1.29, 1.82) is 0 Å². The molecule has 0 radical (unpaired) electrons.